The molecule has 1 saturated carbocycles. The molecule has 0 aromatic heterocycles. The fourth-order valence-corrected chi connectivity index (χ4v) is 4.90. The highest BCUT2D eigenvalue weighted by Gasteiger charge is 2.30. The first-order valence-corrected chi connectivity index (χ1v) is 11.1. The molecule has 1 aromatic rings. The summed E-state index contributed by atoms with van der Waals surface area (Å²) in [5.41, 5.74) is 0.581. The van der Waals surface area contributed by atoms with E-state index in [1.807, 2.05) is 19.2 Å². The van der Waals surface area contributed by atoms with Crippen LogP contribution < -0.4 is 9.47 Å². The Morgan fingerprint density at radius 3 is 2.55 bits per heavy atom. The van der Waals surface area contributed by atoms with Gasteiger partial charge in [-0.1, -0.05) is 12.8 Å². The van der Waals surface area contributed by atoms with Crippen LogP contribution >= 0.6 is 0 Å². The van der Waals surface area contributed by atoms with Gasteiger partial charge in [-0.05, 0) is 50.3 Å². The smallest absolute Gasteiger partial charge is 0.257 e. The topological polar surface area (TPSA) is 51.2 Å². The predicted octanol–water partition coefficient (Wildman–Crippen LogP) is 3.34. The molecule has 0 unspecified atom stereocenters. The first-order chi connectivity index (χ1) is 14.2. The highest BCUT2D eigenvalue weighted by molar-refractivity contribution is 5.97. The molecule has 2 saturated heterocycles. The molecule has 1 amide bonds. The lowest BCUT2D eigenvalue weighted by molar-refractivity contribution is 0.0666. The van der Waals surface area contributed by atoms with Gasteiger partial charge in [0.2, 0.25) is 0 Å². The van der Waals surface area contributed by atoms with Crippen molar-refractivity contribution in [2.24, 2.45) is 0 Å². The standard InChI is InChI=1S/C23H34N2O4/c1-24(18-11-14-28-16-18)23(26)21-15-20(27-2)7-8-22(21)29-19-9-12-25(13-10-19)17-5-3-4-6-17/h7-8,15,17-19H,3-6,9-14,16H2,1-2H3/t18-/m0/s1. The van der Waals surface area contributed by atoms with Crippen molar-refractivity contribution < 1.29 is 19.0 Å². The van der Waals surface area contributed by atoms with Crippen LogP contribution in [0.25, 0.3) is 0 Å². The zero-order valence-corrected chi connectivity index (χ0v) is 17.8. The number of likely N-dealkylation sites (tertiary alicyclic amines) is 1. The number of ether oxygens (including phenoxy) is 3. The van der Waals surface area contributed by atoms with Gasteiger partial charge in [-0.3, -0.25) is 4.79 Å². The first-order valence-electron chi connectivity index (χ1n) is 11.1. The molecule has 2 heterocycles. The Morgan fingerprint density at radius 2 is 1.90 bits per heavy atom. The van der Waals surface area contributed by atoms with Gasteiger partial charge >= 0.3 is 0 Å². The summed E-state index contributed by atoms with van der Waals surface area (Å²) in [6, 6.07) is 6.46. The molecule has 2 aliphatic heterocycles. The summed E-state index contributed by atoms with van der Waals surface area (Å²) in [6.07, 6.45) is 8.51. The van der Waals surface area contributed by atoms with E-state index in [0.29, 0.717) is 30.3 Å². The van der Waals surface area contributed by atoms with Crippen molar-refractivity contribution in [2.75, 3.05) is 40.5 Å². The fraction of sp³-hybridized carbons (Fsp3) is 0.696. The van der Waals surface area contributed by atoms with E-state index >= 15 is 0 Å². The molecule has 6 nitrogen and oxygen atoms in total. The maximum Gasteiger partial charge on any atom is 0.257 e. The number of carbonyl (C=O) groups excluding carboxylic acids is 1. The van der Waals surface area contributed by atoms with Crippen LogP contribution in [0, 0.1) is 0 Å². The number of likely N-dealkylation sites (N-methyl/N-ethyl adjacent to an activating group) is 1. The van der Waals surface area contributed by atoms with Crippen LogP contribution in [-0.2, 0) is 4.74 Å². The molecular weight excluding hydrogens is 368 g/mol. The van der Waals surface area contributed by atoms with E-state index in [2.05, 4.69) is 4.90 Å². The van der Waals surface area contributed by atoms with Gasteiger partial charge in [0, 0.05) is 32.8 Å². The van der Waals surface area contributed by atoms with Crippen molar-refractivity contribution in [3.05, 3.63) is 23.8 Å². The van der Waals surface area contributed by atoms with Crippen molar-refractivity contribution in [3.8, 4) is 11.5 Å². The molecule has 29 heavy (non-hydrogen) atoms. The summed E-state index contributed by atoms with van der Waals surface area (Å²) in [5, 5.41) is 0. The van der Waals surface area contributed by atoms with Gasteiger partial charge in [0.25, 0.3) is 5.91 Å². The van der Waals surface area contributed by atoms with Crippen molar-refractivity contribution in [1.29, 1.82) is 0 Å². The normalized spacial score (nSPS) is 24.0. The molecule has 160 valence electrons. The zero-order chi connectivity index (χ0) is 20.2. The minimum Gasteiger partial charge on any atom is -0.497 e. The molecular formula is C23H34N2O4. The van der Waals surface area contributed by atoms with Crippen molar-refractivity contribution in [2.45, 2.75) is 63.1 Å². The van der Waals surface area contributed by atoms with Crippen molar-refractivity contribution in [1.82, 2.24) is 9.80 Å². The average Bonchev–Trinajstić information content (AvgIpc) is 3.48. The summed E-state index contributed by atoms with van der Waals surface area (Å²) in [5.74, 6) is 1.31. The van der Waals surface area contributed by atoms with Crippen LogP contribution in [0.2, 0.25) is 0 Å². The first kappa shape index (κ1) is 20.5. The third kappa shape index (κ3) is 4.69. The van der Waals surface area contributed by atoms with Gasteiger partial charge in [-0.15, -0.1) is 0 Å². The van der Waals surface area contributed by atoms with Crippen molar-refractivity contribution >= 4 is 5.91 Å². The molecule has 6 heteroatoms. The predicted molar refractivity (Wildman–Crippen MR) is 112 cm³/mol. The molecule has 0 radical (unpaired) electrons. The molecule has 3 fully saturated rings. The highest BCUT2D eigenvalue weighted by Crippen LogP contribution is 2.31. The Hall–Kier alpha value is -1.79. The minimum atomic E-state index is -0.0298. The van der Waals surface area contributed by atoms with E-state index in [4.69, 9.17) is 14.2 Å². The van der Waals surface area contributed by atoms with E-state index in [0.717, 1.165) is 38.4 Å². The Kier molecular flexibility index (Phi) is 6.60. The largest absolute Gasteiger partial charge is 0.497 e. The Bertz CT molecular complexity index is 690. The number of hydrogen-bond acceptors (Lipinski definition) is 5. The quantitative estimate of drug-likeness (QED) is 0.730. The average molecular weight is 403 g/mol. The number of nitrogens with zero attached hydrogens (tertiary/aromatic N) is 2. The Morgan fingerprint density at radius 1 is 1.14 bits per heavy atom. The number of carbonyl (C=O) groups is 1. The molecule has 0 spiro atoms. The van der Waals surface area contributed by atoms with Gasteiger partial charge in [-0.25, -0.2) is 0 Å². The van der Waals surface area contributed by atoms with Crippen molar-refractivity contribution in [3.63, 3.8) is 0 Å². The van der Waals surface area contributed by atoms with Gasteiger partial charge in [0.1, 0.15) is 17.6 Å². The lowest BCUT2D eigenvalue weighted by Crippen LogP contribution is -2.43. The van der Waals surface area contributed by atoms with Gasteiger partial charge < -0.3 is 24.0 Å². The highest BCUT2D eigenvalue weighted by atomic mass is 16.5. The summed E-state index contributed by atoms with van der Waals surface area (Å²) in [7, 11) is 3.47. The van der Waals surface area contributed by atoms with Crippen LogP contribution in [-0.4, -0.2) is 74.4 Å². The maximum atomic E-state index is 13.2. The van der Waals surface area contributed by atoms with Gasteiger partial charge in [0.05, 0.1) is 25.3 Å². The zero-order valence-electron chi connectivity index (χ0n) is 17.8. The summed E-state index contributed by atoms with van der Waals surface area (Å²) >= 11 is 0. The summed E-state index contributed by atoms with van der Waals surface area (Å²) in [4.78, 5) is 17.6. The lowest BCUT2D eigenvalue weighted by atomic mass is 10.0. The number of benzene rings is 1. The summed E-state index contributed by atoms with van der Waals surface area (Å²) < 4.78 is 17.2. The minimum absolute atomic E-state index is 0.0298. The third-order valence-electron chi connectivity index (χ3n) is 6.80. The van der Waals surface area contributed by atoms with Crippen LogP contribution in [0.5, 0.6) is 11.5 Å². The van der Waals surface area contributed by atoms with E-state index < -0.39 is 0 Å². The monoisotopic (exact) mass is 402 g/mol. The van der Waals surface area contributed by atoms with E-state index in [1.165, 1.54) is 25.7 Å². The van der Waals surface area contributed by atoms with E-state index in [9.17, 15) is 4.79 Å². The number of rotatable bonds is 6. The molecule has 1 atom stereocenters. The maximum absolute atomic E-state index is 13.2. The second kappa shape index (κ2) is 9.35. The van der Waals surface area contributed by atoms with Gasteiger partial charge in [-0.2, -0.15) is 0 Å². The molecule has 1 aromatic carbocycles. The van der Waals surface area contributed by atoms with E-state index in [1.54, 1.807) is 18.1 Å². The number of amides is 1. The molecule has 1 aliphatic carbocycles. The van der Waals surface area contributed by atoms with E-state index in [-0.39, 0.29) is 18.1 Å². The second-order valence-electron chi connectivity index (χ2n) is 8.59. The van der Waals surface area contributed by atoms with Crippen LogP contribution in [0.15, 0.2) is 18.2 Å². The van der Waals surface area contributed by atoms with Crippen LogP contribution in [0.4, 0.5) is 0 Å². The molecule has 3 aliphatic rings. The SMILES string of the molecule is COc1ccc(OC2CCN(C3CCCC3)CC2)c(C(=O)N(C)[C@H]2CCOC2)c1. The Labute approximate surface area is 174 Å². The number of methoxy groups -OCH3 is 1. The molecule has 4 rings (SSSR count). The van der Waals surface area contributed by atoms with Crippen LogP contribution in [0.1, 0.15) is 55.3 Å². The number of piperidine rings is 1. The number of hydrogen-bond donors (Lipinski definition) is 0. The lowest BCUT2D eigenvalue weighted by Gasteiger charge is -2.36. The second-order valence-corrected chi connectivity index (χ2v) is 8.59. The fourth-order valence-electron chi connectivity index (χ4n) is 4.90. The van der Waals surface area contributed by atoms with Gasteiger partial charge in [0.15, 0.2) is 0 Å². The molecule has 0 N–H and O–H groups in total. The molecule has 0 bridgehead atoms. The Balaban J connectivity index is 1.43. The van der Waals surface area contributed by atoms with Crippen LogP contribution in [0.3, 0.4) is 0 Å². The summed E-state index contributed by atoms with van der Waals surface area (Å²) in [6.45, 7) is 3.49. The third-order valence-corrected chi connectivity index (χ3v) is 6.80.